The van der Waals surface area contributed by atoms with Crippen molar-refractivity contribution in [2.45, 2.75) is 6.92 Å². The Hall–Kier alpha value is -5.22. The van der Waals surface area contributed by atoms with Gasteiger partial charge in [0.25, 0.3) is 0 Å². The molecule has 4 heteroatoms. The van der Waals surface area contributed by atoms with Crippen LogP contribution >= 0.6 is 0 Å². The summed E-state index contributed by atoms with van der Waals surface area (Å²) in [5, 5.41) is 4.74. The largest absolute Gasteiger partial charge is 0.255 e. The van der Waals surface area contributed by atoms with Gasteiger partial charge in [0.2, 0.25) is 0 Å². The molecule has 0 saturated carbocycles. The van der Waals surface area contributed by atoms with E-state index in [9.17, 15) is 0 Å². The minimum atomic E-state index is 0.860. The van der Waals surface area contributed by atoms with Gasteiger partial charge in [-0.25, -0.2) is 0 Å². The average Bonchev–Trinajstić information content (AvgIpc) is 3.01. The van der Waals surface area contributed by atoms with E-state index >= 15 is 0 Å². The molecule has 0 radical (unpaired) electrons. The molecule has 0 spiro atoms. The molecule has 0 aliphatic rings. The van der Waals surface area contributed by atoms with E-state index in [1.54, 1.807) is 6.20 Å². The van der Waals surface area contributed by atoms with E-state index in [0.29, 0.717) is 0 Å². The van der Waals surface area contributed by atoms with Crippen molar-refractivity contribution in [3.8, 4) is 45.0 Å². The number of hydrogen-bond donors (Lipinski definition) is 0. The zero-order valence-corrected chi connectivity index (χ0v) is 21.4. The molecule has 0 fully saturated rings. The van der Waals surface area contributed by atoms with E-state index in [0.717, 1.165) is 39.5 Å². The second-order valence-electron chi connectivity index (χ2n) is 9.59. The summed E-state index contributed by atoms with van der Waals surface area (Å²) in [5.41, 5.74) is 9.15. The van der Waals surface area contributed by atoms with Crippen LogP contribution in [0.15, 0.2) is 128 Å². The summed E-state index contributed by atoms with van der Waals surface area (Å²) < 4.78 is 0. The number of pyridine rings is 4. The second-order valence-corrected chi connectivity index (χ2v) is 9.59. The monoisotopic (exact) mass is 500 g/mol. The van der Waals surface area contributed by atoms with Gasteiger partial charge in [0.1, 0.15) is 0 Å². The van der Waals surface area contributed by atoms with Crippen molar-refractivity contribution < 1.29 is 0 Å². The van der Waals surface area contributed by atoms with Crippen LogP contribution < -0.4 is 0 Å². The van der Waals surface area contributed by atoms with Crippen LogP contribution in [0, 0.1) is 6.92 Å². The molecule has 0 N–H and O–H groups in total. The number of rotatable bonds is 4. The maximum Gasteiger partial charge on any atom is 0.0915 e. The van der Waals surface area contributed by atoms with Gasteiger partial charge in [0, 0.05) is 35.9 Å². The SMILES string of the molecule is Cc1cc(-c2c3ccccc3c(-c3ccc(-c4ccccn4)nc3)c3ccccc23)cnc1-c1ccccn1. The second kappa shape index (κ2) is 9.58. The highest BCUT2D eigenvalue weighted by molar-refractivity contribution is 6.21. The lowest BCUT2D eigenvalue weighted by molar-refractivity contribution is 1.22. The minimum absolute atomic E-state index is 0.860. The van der Waals surface area contributed by atoms with Crippen LogP contribution in [0.1, 0.15) is 5.56 Å². The lowest BCUT2D eigenvalue weighted by Gasteiger charge is -2.18. The Kier molecular flexibility index (Phi) is 5.64. The molecule has 7 aromatic rings. The lowest BCUT2D eigenvalue weighted by atomic mass is 9.86. The van der Waals surface area contributed by atoms with Crippen molar-refractivity contribution in [1.29, 1.82) is 0 Å². The minimum Gasteiger partial charge on any atom is -0.255 e. The molecule has 184 valence electrons. The summed E-state index contributed by atoms with van der Waals surface area (Å²) in [6, 6.07) is 35.5. The van der Waals surface area contributed by atoms with Crippen molar-refractivity contribution in [1.82, 2.24) is 19.9 Å². The van der Waals surface area contributed by atoms with Crippen LogP contribution in [0.2, 0.25) is 0 Å². The van der Waals surface area contributed by atoms with Crippen molar-refractivity contribution >= 4 is 21.5 Å². The zero-order valence-electron chi connectivity index (χ0n) is 21.4. The van der Waals surface area contributed by atoms with Gasteiger partial charge in [-0.05, 0) is 81.6 Å². The highest BCUT2D eigenvalue weighted by Gasteiger charge is 2.18. The third-order valence-corrected chi connectivity index (χ3v) is 7.19. The maximum atomic E-state index is 4.88. The number of benzene rings is 3. The predicted octanol–water partition coefficient (Wildman–Crippen LogP) is 8.55. The third-order valence-electron chi connectivity index (χ3n) is 7.19. The highest BCUT2D eigenvalue weighted by Crippen LogP contribution is 2.43. The standard InChI is InChI=1S/C35H24N4/c1-23-20-25(22-39-35(23)32-15-7-9-19-37-32)34-28-12-4-2-10-26(28)33(27-11-3-5-13-29(27)34)24-16-17-31(38-21-24)30-14-6-8-18-36-30/h2-22H,1H3. The molecule has 0 unspecified atom stereocenters. The maximum absolute atomic E-state index is 4.88. The molecule has 0 aliphatic carbocycles. The topological polar surface area (TPSA) is 51.6 Å². The summed E-state index contributed by atoms with van der Waals surface area (Å²) in [6.45, 7) is 2.11. The number of aryl methyl sites for hydroxylation is 1. The fourth-order valence-electron chi connectivity index (χ4n) is 5.44. The van der Waals surface area contributed by atoms with Gasteiger partial charge in [0.05, 0.1) is 22.8 Å². The Morgan fingerprint density at radius 2 is 0.949 bits per heavy atom. The van der Waals surface area contributed by atoms with Gasteiger partial charge in [0.15, 0.2) is 0 Å². The van der Waals surface area contributed by atoms with E-state index in [-0.39, 0.29) is 0 Å². The molecule has 3 aromatic carbocycles. The van der Waals surface area contributed by atoms with E-state index in [2.05, 4.69) is 83.6 Å². The Balaban J connectivity index is 1.44. The van der Waals surface area contributed by atoms with Crippen molar-refractivity contribution in [3.63, 3.8) is 0 Å². The molecule has 4 nitrogen and oxygen atoms in total. The number of fused-ring (bicyclic) bond motifs is 2. The summed E-state index contributed by atoms with van der Waals surface area (Å²) in [7, 11) is 0. The smallest absolute Gasteiger partial charge is 0.0915 e. The predicted molar refractivity (Wildman–Crippen MR) is 159 cm³/mol. The van der Waals surface area contributed by atoms with E-state index < -0.39 is 0 Å². The van der Waals surface area contributed by atoms with Crippen LogP contribution in [0.3, 0.4) is 0 Å². The third kappa shape index (κ3) is 4.03. The Morgan fingerprint density at radius 1 is 0.436 bits per heavy atom. The highest BCUT2D eigenvalue weighted by atomic mass is 14.8. The number of hydrogen-bond acceptors (Lipinski definition) is 4. The van der Waals surface area contributed by atoms with Crippen LogP contribution in [0.5, 0.6) is 0 Å². The first kappa shape index (κ1) is 22.9. The normalized spacial score (nSPS) is 11.2. The summed E-state index contributed by atoms with van der Waals surface area (Å²) >= 11 is 0. The first-order valence-corrected chi connectivity index (χ1v) is 13.0. The molecule has 0 atom stereocenters. The van der Waals surface area contributed by atoms with Gasteiger partial charge < -0.3 is 0 Å². The molecule has 0 aliphatic heterocycles. The molecule has 4 aromatic heterocycles. The number of nitrogens with zero attached hydrogens (tertiary/aromatic N) is 4. The fraction of sp³-hybridized carbons (Fsp3) is 0.0286. The average molecular weight is 501 g/mol. The van der Waals surface area contributed by atoms with Gasteiger partial charge >= 0.3 is 0 Å². The van der Waals surface area contributed by atoms with Crippen molar-refractivity contribution in [3.05, 3.63) is 133 Å². The molecule has 4 heterocycles. The molecule has 39 heavy (non-hydrogen) atoms. The Morgan fingerprint density at radius 3 is 1.46 bits per heavy atom. The first-order chi connectivity index (χ1) is 19.3. The van der Waals surface area contributed by atoms with E-state index in [4.69, 9.17) is 9.97 Å². The van der Waals surface area contributed by atoms with Crippen LogP contribution in [-0.4, -0.2) is 19.9 Å². The van der Waals surface area contributed by atoms with Gasteiger partial charge in [-0.2, -0.15) is 0 Å². The van der Waals surface area contributed by atoms with E-state index in [1.807, 2.05) is 55.0 Å². The van der Waals surface area contributed by atoms with Gasteiger partial charge in [-0.1, -0.05) is 66.7 Å². The Bertz CT molecular complexity index is 1890. The van der Waals surface area contributed by atoms with Crippen LogP contribution in [0.4, 0.5) is 0 Å². The summed E-state index contributed by atoms with van der Waals surface area (Å²) in [4.78, 5) is 18.6. The quantitative estimate of drug-likeness (QED) is 0.227. The number of aromatic nitrogens is 4. The van der Waals surface area contributed by atoms with Gasteiger partial charge in [-0.15, -0.1) is 0 Å². The van der Waals surface area contributed by atoms with Crippen molar-refractivity contribution in [2.24, 2.45) is 0 Å². The molecular formula is C35H24N4. The molecule has 0 bridgehead atoms. The molecule has 0 amide bonds. The Labute approximate surface area is 226 Å². The van der Waals surface area contributed by atoms with Crippen LogP contribution in [-0.2, 0) is 0 Å². The first-order valence-electron chi connectivity index (χ1n) is 13.0. The van der Waals surface area contributed by atoms with E-state index in [1.165, 1.54) is 32.7 Å². The molecular weight excluding hydrogens is 476 g/mol. The van der Waals surface area contributed by atoms with Crippen molar-refractivity contribution in [2.75, 3.05) is 0 Å². The van der Waals surface area contributed by atoms with Gasteiger partial charge in [-0.3, -0.25) is 19.9 Å². The fourth-order valence-corrected chi connectivity index (χ4v) is 5.44. The lowest BCUT2D eigenvalue weighted by Crippen LogP contribution is -1.95. The molecule has 0 saturated heterocycles. The zero-order chi connectivity index (χ0) is 26.2. The summed E-state index contributed by atoms with van der Waals surface area (Å²) in [5.74, 6) is 0. The molecule has 7 rings (SSSR count). The summed E-state index contributed by atoms with van der Waals surface area (Å²) in [6.07, 6.45) is 7.55. The van der Waals surface area contributed by atoms with Crippen LogP contribution in [0.25, 0.3) is 66.6 Å².